The highest BCUT2D eigenvalue weighted by molar-refractivity contribution is 7.67. The third-order valence-corrected chi connectivity index (χ3v) is 2.28. The Labute approximate surface area is 51.8 Å². The summed E-state index contributed by atoms with van der Waals surface area (Å²) in [6.45, 7) is 6.03. The molecule has 8 heavy (non-hydrogen) atoms. The van der Waals surface area contributed by atoms with Crippen molar-refractivity contribution < 1.29 is 4.89 Å². The Bertz CT molecular complexity index is 101. The van der Waals surface area contributed by atoms with E-state index in [1.807, 2.05) is 6.66 Å². The first-order chi connectivity index (χ1) is 3.42. The molecule has 0 saturated carbocycles. The van der Waals surface area contributed by atoms with Crippen molar-refractivity contribution in [3.63, 3.8) is 0 Å². The minimum absolute atomic E-state index is 0.579. The van der Waals surface area contributed by atoms with E-state index < -0.39 is 7.11 Å². The molecule has 0 aliphatic rings. The third kappa shape index (κ3) is 6.26. The second-order valence-electron chi connectivity index (χ2n) is 2.92. The molecule has 0 bridgehead atoms. The zero-order valence-corrected chi connectivity index (χ0v) is 6.78. The van der Waals surface area contributed by atoms with Crippen molar-refractivity contribution in [1.82, 2.24) is 0 Å². The van der Waals surface area contributed by atoms with Crippen molar-refractivity contribution in [1.29, 1.82) is 0 Å². The van der Waals surface area contributed by atoms with Gasteiger partial charge in [0.2, 0.25) is 0 Å². The van der Waals surface area contributed by atoms with Gasteiger partial charge in [-0.25, -0.2) is 0 Å². The Kier molecular flexibility index (Phi) is 2.79. The second-order valence-corrected chi connectivity index (χ2v) is 5.96. The van der Waals surface area contributed by atoms with Crippen LogP contribution in [0.25, 0.3) is 0 Å². The Morgan fingerprint density at radius 1 is 1.62 bits per heavy atom. The van der Waals surface area contributed by atoms with Crippen LogP contribution in [-0.2, 0) is 0 Å². The second kappa shape index (κ2) is 2.70. The van der Waals surface area contributed by atoms with E-state index in [0.717, 1.165) is 6.16 Å². The van der Waals surface area contributed by atoms with Gasteiger partial charge in [-0.05, 0) is 25.9 Å². The largest absolute Gasteiger partial charge is 0.377 e. The molecule has 0 fully saturated rings. The molecule has 1 atom stereocenters. The number of hydrogen-bond acceptors (Lipinski definition) is 1. The van der Waals surface area contributed by atoms with Crippen LogP contribution in [0.1, 0.15) is 13.8 Å². The lowest BCUT2D eigenvalue weighted by molar-refractivity contribution is 0.606. The van der Waals surface area contributed by atoms with Crippen LogP contribution in [0.2, 0.25) is 0 Å². The summed E-state index contributed by atoms with van der Waals surface area (Å²) < 4.78 is 0. The van der Waals surface area contributed by atoms with Crippen LogP contribution >= 0.6 is 7.11 Å². The third-order valence-electron chi connectivity index (χ3n) is 0.758. The maximum absolute atomic E-state index is 9.19. The lowest BCUT2D eigenvalue weighted by atomic mass is 10.3. The molecule has 1 unspecified atom stereocenters. The average Bonchev–Trinajstić information content (AvgIpc) is 1.21. The fraction of sp³-hybridized carbons (Fsp3) is 0.833. The van der Waals surface area contributed by atoms with Gasteiger partial charge < -0.3 is 4.89 Å². The van der Waals surface area contributed by atoms with Gasteiger partial charge in [0, 0.05) is 0 Å². The molecular formula is C6H15OP. The highest BCUT2D eigenvalue weighted by atomic mass is 31.2. The van der Waals surface area contributed by atoms with Crippen LogP contribution < -0.4 is 0 Å². The molecule has 1 N–H and O–H groups in total. The summed E-state index contributed by atoms with van der Waals surface area (Å²) in [5.74, 6) is 0.579. The number of rotatable bonds is 2. The Morgan fingerprint density at radius 2 is 2.00 bits per heavy atom. The molecule has 0 saturated heterocycles. The lowest BCUT2D eigenvalue weighted by Gasteiger charge is -2.12. The van der Waals surface area contributed by atoms with Crippen LogP contribution in [0.3, 0.4) is 0 Å². The van der Waals surface area contributed by atoms with Gasteiger partial charge in [0.1, 0.15) is 0 Å². The molecule has 2 heteroatoms. The molecule has 0 amide bonds. The normalized spacial score (nSPS) is 18.6. The molecule has 0 aromatic rings. The summed E-state index contributed by atoms with van der Waals surface area (Å²) in [4.78, 5) is 9.19. The molecule has 0 spiro atoms. The lowest BCUT2D eigenvalue weighted by Crippen LogP contribution is -1.95. The zero-order valence-electron chi connectivity index (χ0n) is 5.89. The van der Waals surface area contributed by atoms with E-state index in [-0.39, 0.29) is 0 Å². The highest BCUT2D eigenvalue weighted by Gasteiger charge is 2.03. The summed E-state index contributed by atoms with van der Waals surface area (Å²) in [5, 5.41) is 0. The smallest absolute Gasteiger partial charge is 0.00471 e. The van der Waals surface area contributed by atoms with Crippen LogP contribution in [0.15, 0.2) is 0 Å². The highest BCUT2D eigenvalue weighted by Crippen LogP contribution is 2.36. The topological polar surface area (TPSA) is 20.2 Å². The summed E-state index contributed by atoms with van der Waals surface area (Å²) in [6.07, 6.45) is 4.56. The molecule has 0 heterocycles. The maximum atomic E-state index is 9.19. The first-order valence-corrected chi connectivity index (χ1v) is 5.40. The Balaban J connectivity index is 3.56. The average molecular weight is 134 g/mol. The van der Waals surface area contributed by atoms with Crippen molar-refractivity contribution in [2.45, 2.75) is 13.8 Å². The van der Waals surface area contributed by atoms with Crippen molar-refractivity contribution in [3.8, 4) is 0 Å². The van der Waals surface area contributed by atoms with Crippen molar-refractivity contribution in [2.75, 3.05) is 12.8 Å². The molecule has 0 radical (unpaired) electrons. The standard InChI is InChI=1S/C6H15OP/c1-6(2)5-8(3,4)7/h6-7H,3,5H2,1-2,4H3. The van der Waals surface area contributed by atoms with E-state index >= 15 is 0 Å². The first-order valence-electron chi connectivity index (χ1n) is 2.84. The Morgan fingerprint density at radius 3 is 2.00 bits per heavy atom. The van der Waals surface area contributed by atoms with Gasteiger partial charge in [0.25, 0.3) is 0 Å². The van der Waals surface area contributed by atoms with E-state index in [9.17, 15) is 4.89 Å². The van der Waals surface area contributed by atoms with Gasteiger partial charge in [0.05, 0.1) is 0 Å². The first kappa shape index (κ1) is 8.26. The monoisotopic (exact) mass is 134 g/mol. The van der Waals surface area contributed by atoms with Gasteiger partial charge in [-0.1, -0.05) is 20.1 Å². The van der Waals surface area contributed by atoms with Crippen LogP contribution in [0.5, 0.6) is 0 Å². The molecule has 0 aliphatic heterocycles. The SMILES string of the molecule is C=P(C)(O)CC(C)C. The van der Waals surface area contributed by atoms with E-state index in [4.69, 9.17) is 0 Å². The van der Waals surface area contributed by atoms with Crippen molar-refractivity contribution in [3.05, 3.63) is 0 Å². The quantitative estimate of drug-likeness (QED) is 0.569. The van der Waals surface area contributed by atoms with Crippen molar-refractivity contribution >= 4 is 13.4 Å². The van der Waals surface area contributed by atoms with E-state index in [2.05, 4.69) is 20.1 Å². The molecule has 0 aliphatic carbocycles. The predicted molar refractivity (Wildman–Crippen MR) is 41.9 cm³/mol. The fourth-order valence-corrected chi connectivity index (χ4v) is 2.36. The zero-order chi connectivity index (χ0) is 6.78. The summed E-state index contributed by atoms with van der Waals surface area (Å²) >= 11 is 0. The summed E-state index contributed by atoms with van der Waals surface area (Å²) in [5.41, 5.74) is 0. The minimum atomic E-state index is -1.72. The van der Waals surface area contributed by atoms with Gasteiger partial charge in [-0.3, -0.25) is 0 Å². The van der Waals surface area contributed by atoms with Gasteiger partial charge in [-0.2, -0.15) is 0 Å². The van der Waals surface area contributed by atoms with Crippen LogP contribution in [0, 0.1) is 5.92 Å². The molecule has 1 nitrogen and oxygen atoms in total. The molecule has 0 aromatic carbocycles. The van der Waals surface area contributed by atoms with E-state index in [1.54, 1.807) is 0 Å². The van der Waals surface area contributed by atoms with Crippen LogP contribution in [0.4, 0.5) is 0 Å². The van der Waals surface area contributed by atoms with Gasteiger partial charge in [-0.15, -0.1) is 0 Å². The van der Waals surface area contributed by atoms with Crippen LogP contribution in [-0.4, -0.2) is 24.0 Å². The van der Waals surface area contributed by atoms with E-state index in [1.165, 1.54) is 0 Å². The van der Waals surface area contributed by atoms with Crippen molar-refractivity contribution in [2.24, 2.45) is 5.92 Å². The maximum Gasteiger partial charge on any atom is -0.00471 e. The predicted octanol–water partition coefficient (Wildman–Crippen LogP) is 1.63. The molecule has 0 aromatic heterocycles. The number of hydrogen-bond donors (Lipinski definition) is 1. The Hall–Kier alpha value is 0.260. The van der Waals surface area contributed by atoms with Gasteiger partial charge >= 0.3 is 0 Å². The fourth-order valence-electron chi connectivity index (χ4n) is 0.787. The minimum Gasteiger partial charge on any atom is -0.377 e. The molecule has 50 valence electrons. The molecule has 0 rings (SSSR count). The molecular weight excluding hydrogens is 119 g/mol. The summed E-state index contributed by atoms with van der Waals surface area (Å²) in [6, 6.07) is 0. The van der Waals surface area contributed by atoms with Gasteiger partial charge in [0.15, 0.2) is 0 Å². The summed E-state index contributed by atoms with van der Waals surface area (Å²) in [7, 11) is -1.72. The van der Waals surface area contributed by atoms with E-state index in [0.29, 0.717) is 5.92 Å².